The minimum atomic E-state index is -0.511. The highest BCUT2D eigenvalue weighted by atomic mass is 16.5. The van der Waals surface area contributed by atoms with E-state index in [0.29, 0.717) is 29.0 Å². The largest absolute Gasteiger partial charge is 0.462 e. The van der Waals surface area contributed by atoms with E-state index in [1.807, 2.05) is 13.0 Å². The number of benzene rings is 1. The zero-order valence-corrected chi connectivity index (χ0v) is 13.8. The number of aromatic nitrogens is 4. The molecule has 0 radical (unpaired) electrons. The molecular weight excluding hydrogens is 308 g/mol. The van der Waals surface area contributed by atoms with Crippen molar-refractivity contribution in [3.63, 3.8) is 0 Å². The maximum absolute atomic E-state index is 13.0. The van der Waals surface area contributed by atoms with Gasteiger partial charge in [-0.15, -0.1) is 0 Å². The number of ether oxygens (including phenoxy) is 1. The van der Waals surface area contributed by atoms with Crippen molar-refractivity contribution in [1.29, 1.82) is 0 Å². The predicted molar refractivity (Wildman–Crippen MR) is 89.4 cm³/mol. The minimum absolute atomic E-state index is 0.230. The second kappa shape index (κ2) is 6.27. The van der Waals surface area contributed by atoms with Crippen molar-refractivity contribution in [2.24, 2.45) is 7.05 Å². The fraction of sp³-hybridized carbons (Fsp3) is 0.294. The number of esters is 1. The predicted octanol–water partition coefficient (Wildman–Crippen LogP) is 1.86. The van der Waals surface area contributed by atoms with Gasteiger partial charge in [0.1, 0.15) is 11.4 Å². The number of carbonyl (C=O) groups is 1. The van der Waals surface area contributed by atoms with Gasteiger partial charge in [-0.25, -0.2) is 14.3 Å². The molecule has 0 aliphatic rings. The lowest BCUT2D eigenvalue weighted by Crippen LogP contribution is -2.27. The van der Waals surface area contributed by atoms with E-state index in [4.69, 9.17) is 4.74 Å². The number of hydrogen-bond donors (Lipinski definition) is 0. The minimum Gasteiger partial charge on any atom is -0.462 e. The molecule has 0 atom stereocenters. The summed E-state index contributed by atoms with van der Waals surface area (Å²) in [5.41, 5.74) is 0.648. The van der Waals surface area contributed by atoms with Gasteiger partial charge in [-0.2, -0.15) is 5.10 Å². The van der Waals surface area contributed by atoms with Gasteiger partial charge in [0.05, 0.1) is 23.7 Å². The second-order valence-electron chi connectivity index (χ2n) is 5.27. The number of hydrogen-bond acceptors (Lipinski definition) is 5. The van der Waals surface area contributed by atoms with Crippen LogP contribution < -0.4 is 5.56 Å². The van der Waals surface area contributed by atoms with Crippen molar-refractivity contribution in [3.05, 3.63) is 52.2 Å². The maximum atomic E-state index is 13.0. The van der Waals surface area contributed by atoms with Gasteiger partial charge in [-0.1, -0.05) is 19.1 Å². The van der Waals surface area contributed by atoms with Crippen LogP contribution in [0.3, 0.4) is 0 Å². The molecule has 0 amide bonds. The first-order chi connectivity index (χ1) is 11.6. The third-order valence-corrected chi connectivity index (χ3v) is 3.78. The summed E-state index contributed by atoms with van der Waals surface area (Å²) in [6.45, 7) is 3.89. The standard InChI is InChI=1S/C17H18N4O3/c1-4-14-19-13-9-7-6-8-11(13)16(22)21(14)15-12(10-18-20(15)3)17(23)24-5-2/h6-10H,4-5H2,1-3H3. The fourth-order valence-electron chi connectivity index (χ4n) is 2.68. The van der Waals surface area contributed by atoms with Gasteiger partial charge in [0.25, 0.3) is 5.56 Å². The molecule has 0 saturated heterocycles. The molecule has 2 heterocycles. The molecule has 7 heteroatoms. The van der Waals surface area contributed by atoms with E-state index in [1.54, 1.807) is 32.2 Å². The third kappa shape index (κ3) is 2.47. The molecule has 0 fully saturated rings. The van der Waals surface area contributed by atoms with E-state index >= 15 is 0 Å². The summed E-state index contributed by atoms with van der Waals surface area (Å²) in [6, 6.07) is 7.15. The first kappa shape index (κ1) is 15.9. The van der Waals surface area contributed by atoms with Crippen LogP contribution in [-0.4, -0.2) is 31.9 Å². The molecule has 0 bridgehead atoms. The van der Waals surface area contributed by atoms with Crippen LogP contribution in [0.1, 0.15) is 30.0 Å². The molecule has 124 valence electrons. The quantitative estimate of drug-likeness (QED) is 0.684. The molecule has 0 saturated carbocycles. The number of carbonyl (C=O) groups excluding carboxylic acids is 1. The summed E-state index contributed by atoms with van der Waals surface area (Å²) in [5, 5.41) is 4.61. The number of rotatable bonds is 4. The van der Waals surface area contributed by atoms with Crippen molar-refractivity contribution >= 4 is 16.9 Å². The molecule has 2 aromatic heterocycles. The monoisotopic (exact) mass is 326 g/mol. The van der Waals surface area contributed by atoms with Crippen molar-refractivity contribution < 1.29 is 9.53 Å². The van der Waals surface area contributed by atoms with Gasteiger partial charge < -0.3 is 4.74 Å². The average molecular weight is 326 g/mol. The Hall–Kier alpha value is -2.96. The van der Waals surface area contributed by atoms with Crippen LogP contribution in [-0.2, 0) is 18.2 Å². The summed E-state index contributed by atoms with van der Waals surface area (Å²) in [4.78, 5) is 29.8. The number of para-hydroxylation sites is 1. The van der Waals surface area contributed by atoms with Gasteiger partial charge in [0.2, 0.25) is 0 Å². The lowest BCUT2D eigenvalue weighted by molar-refractivity contribution is 0.0526. The first-order valence-corrected chi connectivity index (χ1v) is 7.78. The van der Waals surface area contributed by atoms with Gasteiger partial charge in [0, 0.05) is 13.5 Å². The van der Waals surface area contributed by atoms with Crippen LogP contribution in [0.2, 0.25) is 0 Å². The van der Waals surface area contributed by atoms with Crippen LogP contribution in [0.4, 0.5) is 0 Å². The molecular formula is C17H18N4O3. The average Bonchev–Trinajstić information content (AvgIpc) is 2.96. The molecule has 0 N–H and O–H groups in total. The summed E-state index contributed by atoms with van der Waals surface area (Å²) >= 11 is 0. The Bertz CT molecular complexity index is 972. The SMILES string of the molecule is CCOC(=O)c1cnn(C)c1-n1c(CC)nc2ccccc2c1=O. The van der Waals surface area contributed by atoms with Gasteiger partial charge in [-0.05, 0) is 19.1 Å². The van der Waals surface area contributed by atoms with Gasteiger partial charge in [0.15, 0.2) is 5.82 Å². The topological polar surface area (TPSA) is 79.0 Å². The van der Waals surface area contributed by atoms with E-state index in [1.165, 1.54) is 15.4 Å². The Kier molecular flexibility index (Phi) is 4.16. The Morgan fingerprint density at radius 3 is 2.71 bits per heavy atom. The molecule has 3 aromatic rings. The highest BCUT2D eigenvalue weighted by Gasteiger charge is 2.22. The van der Waals surface area contributed by atoms with Crippen LogP contribution >= 0.6 is 0 Å². The number of fused-ring (bicyclic) bond motifs is 1. The fourth-order valence-corrected chi connectivity index (χ4v) is 2.68. The highest BCUT2D eigenvalue weighted by Crippen LogP contribution is 2.17. The van der Waals surface area contributed by atoms with Crippen molar-refractivity contribution in [2.75, 3.05) is 6.61 Å². The van der Waals surface area contributed by atoms with E-state index in [9.17, 15) is 9.59 Å². The Morgan fingerprint density at radius 2 is 2.00 bits per heavy atom. The maximum Gasteiger partial charge on any atom is 0.343 e. The number of nitrogens with zero attached hydrogens (tertiary/aromatic N) is 4. The highest BCUT2D eigenvalue weighted by molar-refractivity contribution is 5.93. The molecule has 0 aliphatic carbocycles. The van der Waals surface area contributed by atoms with E-state index in [2.05, 4.69) is 10.1 Å². The smallest absolute Gasteiger partial charge is 0.343 e. The van der Waals surface area contributed by atoms with Gasteiger partial charge >= 0.3 is 5.97 Å². The Balaban J connectivity index is 2.35. The lowest BCUT2D eigenvalue weighted by Gasteiger charge is -2.14. The van der Waals surface area contributed by atoms with Crippen LogP contribution in [0.5, 0.6) is 0 Å². The number of aryl methyl sites for hydroxylation is 2. The summed E-state index contributed by atoms with van der Waals surface area (Å²) in [5.74, 6) is 0.420. The van der Waals surface area contributed by atoms with E-state index in [-0.39, 0.29) is 17.7 Å². The zero-order valence-electron chi connectivity index (χ0n) is 13.8. The second-order valence-corrected chi connectivity index (χ2v) is 5.27. The van der Waals surface area contributed by atoms with Gasteiger partial charge in [-0.3, -0.25) is 9.48 Å². The third-order valence-electron chi connectivity index (χ3n) is 3.78. The van der Waals surface area contributed by atoms with Crippen molar-refractivity contribution in [3.8, 4) is 5.82 Å². The summed E-state index contributed by atoms with van der Waals surface area (Å²) in [6.07, 6.45) is 1.95. The molecule has 3 rings (SSSR count). The van der Waals surface area contributed by atoms with Crippen molar-refractivity contribution in [1.82, 2.24) is 19.3 Å². The van der Waals surface area contributed by atoms with Crippen LogP contribution in [0, 0.1) is 0 Å². The molecule has 0 spiro atoms. The van der Waals surface area contributed by atoms with E-state index in [0.717, 1.165) is 0 Å². The molecule has 0 unspecified atom stereocenters. The Morgan fingerprint density at radius 1 is 1.25 bits per heavy atom. The van der Waals surface area contributed by atoms with E-state index < -0.39 is 5.97 Å². The zero-order chi connectivity index (χ0) is 17.3. The first-order valence-electron chi connectivity index (χ1n) is 7.78. The molecule has 1 aromatic carbocycles. The molecule has 7 nitrogen and oxygen atoms in total. The Labute approximate surface area is 138 Å². The molecule has 24 heavy (non-hydrogen) atoms. The van der Waals surface area contributed by atoms with Crippen molar-refractivity contribution in [2.45, 2.75) is 20.3 Å². The lowest BCUT2D eigenvalue weighted by atomic mass is 10.2. The summed E-state index contributed by atoms with van der Waals surface area (Å²) in [7, 11) is 1.68. The summed E-state index contributed by atoms with van der Waals surface area (Å²) < 4.78 is 8.01. The normalized spacial score (nSPS) is 11.0. The van der Waals surface area contributed by atoms with Crippen LogP contribution in [0.15, 0.2) is 35.3 Å². The van der Waals surface area contributed by atoms with Crippen LogP contribution in [0.25, 0.3) is 16.7 Å². The molecule has 0 aliphatic heterocycles.